The number of ether oxygens (including phenoxy) is 1. The van der Waals surface area contributed by atoms with Gasteiger partial charge in [0.1, 0.15) is 0 Å². The molecule has 0 heterocycles. The maximum Gasteiger partial charge on any atom is 0.413 e. The lowest BCUT2D eigenvalue weighted by molar-refractivity contribution is 0.122. The Kier molecular flexibility index (Phi) is 36.8. The molecule has 0 radical (unpaired) electrons. The van der Waals surface area contributed by atoms with Gasteiger partial charge in [-0.1, -0.05) is 262 Å². The molecule has 1 amide bonds. The van der Waals surface area contributed by atoms with Crippen LogP contribution in [-0.4, -0.2) is 24.1 Å². The minimum absolute atomic E-state index is 0.265. The van der Waals surface area contributed by atoms with E-state index >= 15 is 0 Å². The van der Waals surface area contributed by atoms with Gasteiger partial charge in [-0.2, -0.15) is 0 Å². The molecule has 358 valence electrons. The summed E-state index contributed by atoms with van der Waals surface area (Å²) in [5, 5.41) is 0. The molecule has 0 saturated carbocycles. The van der Waals surface area contributed by atoms with Crippen molar-refractivity contribution in [3.05, 3.63) is 12.8 Å². The van der Waals surface area contributed by atoms with Crippen LogP contribution in [0.25, 0.3) is 0 Å². The van der Waals surface area contributed by atoms with E-state index in [4.69, 9.17) is 4.74 Å². The summed E-state index contributed by atoms with van der Waals surface area (Å²) in [6, 6.07) is 0. The topological polar surface area (TPSA) is 29.5 Å². The molecule has 0 aromatic rings. The van der Waals surface area contributed by atoms with E-state index in [9.17, 15) is 4.79 Å². The van der Waals surface area contributed by atoms with Crippen molar-refractivity contribution in [2.75, 3.05) is 13.2 Å². The van der Waals surface area contributed by atoms with Crippen molar-refractivity contribution in [3.63, 3.8) is 0 Å². The number of hydrogen-bond donors (Lipinski definition) is 0. The van der Waals surface area contributed by atoms with Gasteiger partial charge in [0.25, 0.3) is 0 Å². The summed E-state index contributed by atoms with van der Waals surface area (Å²) in [6.07, 6.45) is 55.1. The molecule has 0 fully saturated rings. The predicted molar refractivity (Wildman–Crippen MR) is 270 cm³/mol. The second kappa shape index (κ2) is 37.4. The van der Waals surface area contributed by atoms with E-state index in [-0.39, 0.29) is 6.09 Å². The summed E-state index contributed by atoms with van der Waals surface area (Å²) >= 11 is 0. The average Bonchev–Trinajstić information content (AvgIpc) is 3.16. The Morgan fingerprint density at radius 3 is 0.817 bits per heavy atom. The third-order valence-electron chi connectivity index (χ3n) is 13.5. The van der Waals surface area contributed by atoms with E-state index in [1.165, 1.54) is 238 Å². The molecule has 0 bridgehead atoms. The van der Waals surface area contributed by atoms with Crippen molar-refractivity contribution >= 4 is 6.09 Å². The molecular weight excluding hydrogens is 731 g/mol. The first-order chi connectivity index (χ1) is 28.5. The quantitative estimate of drug-likeness (QED) is 0.0573. The summed E-state index contributed by atoms with van der Waals surface area (Å²) in [5.74, 6) is 0. The van der Waals surface area contributed by atoms with Gasteiger partial charge in [-0.05, 0) is 80.0 Å². The smallest absolute Gasteiger partial charge is 0.413 e. The van der Waals surface area contributed by atoms with Gasteiger partial charge in [0.05, 0.1) is 6.61 Å². The molecule has 0 atom stereocenters. The zero-order valence-corrected chi connectivity index (χ0v) is 43.3. The summed E-state index contributed by atoms with van der Waals surface area (Å²) in [7, 11) is 0. The normalized spacial score (nSPS) is 12.6. The number of nitrogens with zero attached hydrogens (tertiary/aromatic N) is 1. The third kappa shape index (κ3) is 41.0. The molecule has 0 aromatic heterocycles. The molecule has 0 aliphatic heterocycles. The largest absolute Gasteiger partial charge is 0.449 e. The zero-order valence-electron chi connectivity index (χ0n) is 43.3. The Labute approximate surface area is 380 Å². The standard InChI is InChI=1S/C57H113NO2/c1-12-58(53(59)60-13-2)52-44-36-28-17-15-14-16-24-32-40-48-57(49-41-33-25-18-21-29-37-45-54(3,4)5,50-42-34-26-19-22-30-38-46-55(6,7)8)51-43-35-27-20-23-31-39-47-56(9,10)11/h12H,1,13-52H2,2-11H3. The Hall–Kier alpha value is -0.990. The first-order valence-corrected chi connectivity index (χ1v) is 27.1. The minimum atomic E-state index is -0.265. The van der Waals surface area contributed by atoms with Crippen LogP contribution in [0.3, 0.4) is 0 Å². The van der Waals surface area contributed by atoms with Gasteiger partial charge < -0.3 is 4.74 Å². The summed E-state index contributed by atoms with van der Waals surface area (Å²) < 4.78 is 5.12. The van der Waals surface area contributed by atoms with Gasteiger partial charge in [-0.25, -0.2) is 4.79 Å². The highest BCUT2D eigenvalue weighted by molar-refractivity contribution is 5.68. The van der Waals surface area contributed by atoms with Gasteiger partial charge in [0.15, 0.2) is 0 Å². The van der Waals surface area contributed by atoms with Crippen LogP contribution in [0, 0.1) is 21.7 Å². The van der Waals surface area contributed by atoms with Crippen LogP contribution in [0.15, 0.2) is 12.8 Å². The lowest BCUT2D eigenvalue weighted by Crippen LogP contribution is -2.27. The number of hydrogen-bond acceptors (Lipinski definition) is 2. The van der Waals surface area contributed by atoms with Gasteiger partial charge in [-0.15, -0.1) is 0 Å². The second-order valence-corrected chi connectivity index (χ2v) is 23.5. The number of unbranched alkanes of at least 4 members (excludes halogenated alkanes) is 27. The molecule has 0 spiro atoms. The van der Waals surface area contributed by atoms with Gasteiger partial charge >= 0.3 is 6.09 Å². The van der Waals surface area contributed by atoms with E-state index in [0.717, 1.165) is 13.0 Å². The molecule has 0 aliphatic carbocycles. The fourth-order valence-electron chi connectivity index (χ4n) is 9.53. The predicted octanol–water partition coefficient (Wildman–Crippen LogP) is 20.5. The van der Waals surface area contributed by atoms with E-state index in [0.29, 0.717) is 28.3 Å². The van der Waals surface area contributed by atoms with Crippen molar-refractivity contribution < 1.29 is 9.53 Å². The van der Waals surface area contributed by atoms with Gasteiger partial charge in [-0.3, -0.25) is 4.90 Å². The highest BCUT2D eigenvalue weighted by Gasteiger charge is 2.28. The zero-order chi connectivity index (χ0) is 44.9. The highest BCUT2D eigenvalue weighted by atomic mass is 16.6. The molecule has 0 aromatic carbocycles. The van der Waals surface area contributed by atoms with Crippen LogP contribution < -0.4 is 0 Å². The Morgan fingerprint density at radius 2 is 0.600 bits per heavy atom. The van der Waals surface area contributed by atoms with Crippen LogP contribution in [0.1, 0.15) is 313 Å². The van der Waals surface area contributed by atoms with E-state index in [1.54, 1.807) is 11.1 Å². The molecule has 0 N–H and O–H groups in total. The molecular formula is C57H113NO2. The molecule has 3 heteroatoms. The number of carbonyl (C=O) groups is 1. The van der Waals surface area contributed by atoms with Crippen molar-refractivity contribution in [2.45, 2.75) is 313 Å². The first kappa shape index (κ1) is 59.0. The average molecular weight is 845 g/mol. The SMILES string of the molecule is C=CN(CCCCCCCCCCCCC(CCCCCCCCCC(C)(C)C)(CCCCCCCCCC(C)(C)C)CCCCCCCCCC(C)(C)C)C(=O)OCC. The number of rotatable bonds is 42. The van der Waals surface area contributed by atoms with Gasteiger partial charge in [0.2, 0.25) is 0 Å². The van der Waals surface area contributed by atoms with Crippen molar-refractivity contribution in [3.8, 4) is 0 Å². The fraction of sp³-hybridized carbons (Fsp3) is 0.947. The molecule has 60 heavy (non-hydrogen) atoms. The summed E-state index contributed by atoms with van der Waals surface area (Å²) in [6.45, 7) is 28.3. The molecule has 3 nitrogen and oxygen atoms in total. The molecule has 0 aliphatic rings. The van der Waals surface area contributed by atoms with Crippen LogP contribution in [0.2, 0.25) is 0 Å². The van der Waals surface area contributed by atoms with Crippen molar-refractivity contribution in [1.29, 1.82) is 0 Å². The highest BCUT2D eigenvalue weighted by Crippen LogP contribution is 2.42. The maximum atomic E-state index is 12.0. The number of amides is 1. The van der Waals surface area contributed by atoms with E-state index in [2.05, 4.69) is 68.9 Å². The Bertz CT molecular complexity index is 870. The molecule has 0 saturated heterocycles. The number of carbonyl (C=O) groups excluding carboxylic acids is 1. The third-order valence-corrected chi connectivity index (χ3v) is 13.5. The monoisotopic (exact) mass is 844 g/mol. The summed E-state index contributed by atoms with van der Waals surface area (Å²) in [4.78, 5) is 13.6. The molecule has 0 rings (SSSR count). The van der Waals surface area contributed by atoms with Gasteiger partial charge in [0, 0.05) is 12.7 Å². The van der Waals surface area contributed by atoms with E-state index < -0.39 is 0 Å². The van der Waals surface area contributed by atoms with Crippen LogP contribution in [-0.2, 0) is 4.74 Å². The lowest BCUT2D eigenvalue weighted by Gasteiger charge is -2.35. The first-order valence-electron chi connectivity index (χ1n) is 27.1. The van der Waals surface area contributed by atoms with Crippen molar-refractivity contribution in [1.82, 2.24) is 4.90 Å². The van der Waals surface area contributed by atoms with Crippen molar-refractivity contribution in [2.24, 2.45) is 21.7 Å². The maximum absolute atomic E-state index is 12.0. The fourth-order valence-corrected chi connectivity index (χ4v) is 9.53. The van der Waals surface area contributed by atoms with Crippen LogP contribution >= 0.6 is 0 Å². The van der Waals surface area contributed by atoms with Crippen LogP contribution in [0.4, 0.5) is 4.79 Å². The lowest BCUT2D eigenvalue weighted by atomic mass is 9.70. The minimum Gasteiger partial charge on any atom is -0.449 e. The Morgan fingerprint density at radius 1 is 0.383 bits per heavy atom. The Balaban J connectivity index is 5.04. The van der Waals surface area contributed by atoms with E-state index in [1.807, 2.05) is 6.92 Å². The van der Waals surface area contributed by atoms with Crippen LogP contribution in [0.5, 0.6) is 0 Å². The second-order valence-electron chi connectivity index (χ2n) is 23.5. The molecule has 0 unspecified atom stereocenters. The summed E-state index contributed by atoms with van der Waals surface area (Å²) in [5.41, 5.74) is 2.07.